The van der Waals surface area contributed by atoms with Crippen molar-refractivity contribution >= 4 is 28.5 Å². The van der Waals surface area contributed by atoms with Crippen molar-refractivity contribution in [3.63, 3.8) is 0 Å². The molecule has 0 unspecified atom stereocenters. The lowest BCUT2D eigenvalue weighted by molar-refractivity contribution is -0.132. The molecule has 2 heterocycles. The number of nitrogens with zero attached hydrogens (tertiary/aromatic N) is 4. The summed E-state index contributed by atoms with van der Waals surface area (Å²) in [5.74, 6) is 1.07. The van der Waals surface area contributed by atoms with Gasteiger partial charge in [0, 0.05) is 50.9 Å². The summed E-state index contributed by atoms with van der Waals surface area (Å²) in [4.78, 5) is 33.3. The molecule has 0 radical (unpaired) electrons. The Morgan fingerprint density at radius 2 is 1.77 bits per heavy atom. The number of fused-ring (bicyclic) bond motifs is 1. The minimum atomic E-state index is -0.134. The van der Waals surface area contributed by atoms with Gasteiger partial charge >= 0.3 is 0 Å². The molecule has 2 amide bonds. The first-order chi connectivity index (χ1) is 14.5. The van der Waals surface area contributed by atoms with E-state index in [1.807, 2.05) is 55.3 Å². The predicted octanol–water partition coefficient (Wildman–Crippen LogP) is 2.88. The number of benzene rings is 2. The van der Waals surface area contributed by atoms with Crippen molar-refractivity contribution in [3.8, 4) is 0 Å². The second-order valence-electron chi connectivity index (χ2n) is 7.62. The number of anilines is 1. The van der Waals surface area contributed by atoms with Crippen LogP contribution in [0.15, 0.2) is 48.5 Å². The Morgan fingerprint density at radius 3 is 2.47 bits per heavy atom. The Hall–Kier alpha value is -3.19. The summed E-state index contributed by atoms with van der Waals surface area (Å²) in [6.07, 6.45) is 0.563. The van der Waals surface area contributed by atoms with Crippen LogP contribution in [0.5, 0.6) is 0 Å². The van der Waals surface area contributed by atoms with Gasteiger partial charge in [-0.1, -0.05) is 25.1 Å². The Bertz CT molecular complexity index is 1050. The van der Waals surface area contributed by atoms with E-state index in [4.69, 9.17) is 4.98 Å². The van der Waals surface area contributed by atoms with Gasteiger partial charge in [0.25, 0.3) is 5.91 Å². The molecule has 7 nitrogen and oxygen atoms in total. The molecule has 30 heavy (non-hydrogen) atoms. The second-order valence-corrected chi connectivity index (χ2v) is 7.62. The fourth-order valence-electron chi connectivity index (χ4n) is 3.84. The number of piperazine rings is 1. The Morgan fingerprint density at radius 1 is 1.03 bits per heavy atom. The molecule has 0 saturated carbocycles. The van der Waals surface area contributed by atoms with Crippen molar-refractivity contribution < 1.29 is 9.59 Å². The number of hydrogen-bond donors (Lipinski definition) is 1. The monoisotopic (exact) mass is 405 g/mol. The molecule has 0 atom stereocenters. The van der Waals surface area contributed by atoms with Crippen LogP contribution in [0.3, 0.4) is 0 Å². The summed E-state index contributed by atoms with van der Waals surface area (Å²) in [6, 6.07) is 15.0. The Kier molecular flexibility index (Phi) is 5.81. The first-order valence-corrected chi connectivity index (χ1v) is 10.4. The van der Waals surface area contributed by atoms with E-state index in [9.17, 15) is 9.59 Å². The van der Waals surface area contributed by atoms with Gasteiger partial charge in [-0.05, 0) is 30.3 Å². The zero-order chi connectivity index (χ0) is 21.1. The number of aromatic nitrogens is 2. The van der Waals surface area contributed by atoms with Gasteiger partial charge in [0.15, 0.2) is 0 Å². The van der Waals surface area contributed by atoms with Crippen molar-refractivity contribution in [2.24, 2.45) is 7.05 Å². The molecule has 2 aromatic carbocycles. The number of rotatable bonds is 5. The quantitative estimate of drug-likeness (QED) is 0.709. The average molecular weight is 406 g/mol. The molecule has 3 aromatic rings. The molecule has 0 aliphatic carbocycles. The summed E-state index contributed by atoms with van der Waals surface area (Å²) in [5, 5.41) is 2.95. The standard InChI is InChI=1S/C23H27N5O2/c1-3-22(29)28-13-11-27(12-14-28)16-21-25-19-15-18(9-10-20(19)26(21)2)24-23(30)17-7-5-4-6-8-17/h4-10,15H,3,11-14,16H2,1-2H3,(H,24,30). The number of hydrogen-bond acceptors (Lipinski definition) is 4. The number of carbonyl (C=O) groups excluding carboxylic acids is 2. The van der Waals surface area contributed by atoms with E-state index >= 15 is 0 Å². The molecule has 1 fully saturated rings. The van der Waals surface area contributed by atoms with Crippen LogP contribution < -0.4 is 5.32 Å². The van der Waals surface area contributed by atoms with Gasteiger partial charge in [0.2, 0.25) is 5.91 Å². The minimum absolute atomic E-state index is 0.134. The highest BCUT2D eigenvalue weighted by atomic mass is 16.2. The Labute approximate surface area is 176 Å². The molecular formula is C23H27N5O2. The lowest BCUT2D eigenvalue weighted by Gasteiger charge is -2.34. The van der Waals surface area contributed by atoms with E-state index in [1.165, 1.54) is 0 Å². The van der Waals surface area contributed by atoms with Gasteiger partial charge in [-0.2, -0.15) is 0 Å². The van der Waals surface area contributed by atoms with E-state index in [-0.39, 0.29) is 11.8 Å². The maximum Gasteiger partial charge on any atom is 0.255 e. The molecule has 1 N–H and O–H groups in total. The van der Waals surface area contributed by atoms with Crippen molar-refractivity contribution in [3.05, 3.63) is 59.9 Å². The SMILES string of the molecule is CCC(=O)N1CCN(Cc2nc3cc(NC(=O)c4ccccc4)ccc3n2C)CC1. The lowest BCUT2D eigenvalue weighted by atomic mass is 10.2. The van der Waals surface area contributed by atoms with Crippen LogP contribution in [0.25, 0.3) is 11.0 Å². The maximum atomic E-state index is 12.4. The highest BCUT2D eigenvalue weighted by molar-refractivity contribution is 6.04. The third kappa shape index (κ3) is 4.21. The van der Waals surface area contributed by atoms with E-state index < -0.39 is 0 Å². The van der Waals surface area contributed by atoms with Gasteiger partial charge in [-0.25, -0.2) is 4.98 Å². The lowest BCUT2D eigenvalue weighted by Crippen LogP contribution is -2.48. The number of aryl methyl sites for hydroxylation is 1. The maximum absolute atomic E-state index is 12.4. The third-order valence-corrected chi connectivity index (χ3v) is 5.66. The molecule has 1 aromatic heterocycles. The van der Waals surface area contributed by atoms with Gasteiger partial charge in [0.05, 0.1) is 17.6 Å². The molecule has 1 saturated heterocycles. The summed E-state index contributed by atoms with van der Waals surface area (Å²) in [5.41, 5.74) is 3.24. The van der Waals surface area contributed by atoms with E-state index in [2.05, 4.69) is 14.8 Å². The van der Waals surface area contributed by atoms with E-state index in [0.717, 1.165) is 55.3 Å². The van der Waals surface area contributed by atoms with Crippen LogP contribution in [0.2, 0.25) is 0 Å². The zero-order valence-corrected chi connectivity index (χ0v) is 17.5. The largest absolute Gasteiger partial charge is 0.340 e. The fourth-order valence-corrected chi connectivity index (χ4v) is 3.84. The highest BCUT2D eigenvalue weighted by Crippen LogP contribution is 2.21. The second kappa shape index (κ2) is 8.67. The minimum Gasteiger partial charge on any atom is -0.340 e. The predicted molar refractivity (Wildman–Crippen MR) is 117 cm³/mol. The number of nitrogens with one attached hydrogen (secondary N) is 1. The molecule has 4 rings (SSSR count). The Balaban J connectivity index is 1.45. The molecule has 0 bridgehead atoms. The highest BCUT2D eigenvalue weighted by Gasteiger charge is 2.21. The first kappa shape index (κ1) is 20.1. The van der Waals surface area contributed by atoms with Crippen LogP contribution in [-0.4, -0.2) is 57.3 Å². The molecule has 0 spiro atoms. The summed E-state index contributed by atoms with van der Waals surface area (Å²) in [7, 11) is 2.02. The van der Waals surface area contributed by atoms with E-state index in [0.29, 0.717) is 12.0 Å². The van der Waals surface area contributed by atoms with Crippen LogP contribution in [-0.2, 0) is 18.4 Å². The summed E-state index contributed by atoms with van der Waals surface area (Å²) in [6.45, 7) is 5.90. The van der Waals surface area contributed by atoms with Crippen molar-refractivity contribution in [2.45, 2.75) is 19.9 Å². The normalized spacial score (nSPS) is 14.8. The number of imidazole rings is 1. The van der Waals surface area contributed by atoms with Crippen LogP contribution in [0.1, 0.15) is 29.5 Å². The van der Waals surface area contributed by atoms with Gasteiger partial charge < -0.3 is 14.8 Å². The number of carbonyl (C=O) groups is 2. The van der Waals surface area contributed by atoms with Gasteiger partial charge in [0.1, 0.15) is 5.82 Å². The van der Waals surface area contributed by atoms with Crippen LogP contribution >= 0.6 is 0 Å². The average Bonchev–Trinajstić information content (AvgIpc) is 3.08. The van der Waals surface area contributed by atoms with Gasteiger partial charge in [-0.3, -0.25) is 14.5 Å². The van der Waals surface area contributed by atoms with Crippen molar-refractivity contribution in [2.75, 3.05) is 31.5 Å². The molecular weight excluding hydrogens is 378 g/mol. The van der Waals surface area contributed by atoms with Crippen molar-refractivity contribution in [1.29, 1.82) is 0 Å². The van der Waals surface area contributed by atoms with Crippen LogP contribution in [0, 0.1) is 0 Å². The smallest absolute Gasteiger partial charge is 0.255 e. The van der Waals surface area contributed by atoms with Crippen molar-refractivity contribution in [1.82, 2.24) is 19.4 Å². The topological polar surface area (TPSA) is 70.5 Å². The zero-order valence-electron chi connectivity index (χ0n) is 17.5. The molecule has 7 heteroatoms. The fraction of sp³-hybridized carbons (Fsp3) is 0.348. The summed E-state index contributed by atoms with van der Waals surface area (Å²) >= 11 is 0. The third-order valence-electron chi connectivity index (χ3n) is 5.66. The summed E-state index contributed by atoms with van der Waals surface area (Å²) < 4.78 is 2.10. The first-order valence-electron chi connectivity index (χ1n) is 10.4. The van der Waals surface area contributed by atoms with Gasteiger partial charge in [-0.15, -0.1) is 0 Å². The van der Waals surface area contributed by atoms with Crippen LogP contribution in [0.4, 0.5) is 5.69 Å². The van der Waals surface area contributed by atoms with E-state index in [1.54, 1.807) is 12.1 Å². The number of amides is 2. The molecule has 1 aliphatic rings. The molecule has 1 aliphatic heterocycles. The molecule has 156 valence electrons.